The topological polar surface area (TPSA) is 81.9 Å². The van der Waals surface area contributed by atoms with Crippen molar-refractivity contribution in [2.24, 2.45) is 0 Å². The number of nitrogens with zero attached hydrogens (tertiary/aromatic N) is 2. The number of aromatic nitrogens is 1. The van der Waals surface area contributed by atoms with E-state index in [2.05, 4.69) is 22.1 Å². The number of aryl methyl sites for hydroxylation is 1. The molecule has 31 heavy (non-hydrogen) atoms. The van der Waals surface area contributed by atoms with E-state index in [0.717, 1.165) is 39.6 Å². The highest BCUT2D eigenvalue weighted by molar-refractivity contribution is 5.76. The zero-order valence-electron chi connectivity index (χ0n) is 18.1. The summed E-state index contributed by atoms with van der Waals surface area (Å²) in [5.74, 6) is 2.62. The van der Waals surface area contributed by atoms with Crippen LogP contribution in [0.1, 0.15) is 16.8 Å². The van der Waals surface area contributed by atoms with Gasteiger partial charge in [-0.05, 0) is 36.8 Å². The van der Waals surface area contributed by atoms with Crippen molar-refractivity contribution in [3.63, 3.8) is 0 Å². The molecule has 7 heteroatoms. The van der Waals surface area contributed by atoms with Crippen LogP contribution in [0.15, 0.2) is 48.7 Å². The monoisotopic (exact) mass is 418 g/mol. The molecule has 3 aromatic rings. The van der Waals surface area contributed by atoms with Gasteiger partial charge >= 0.3 is 0 Å². The quantitative estimate of drug-likeness (QED) is 0.599. The van der Waals surface area contributed by atoms with E-state index in [1.807, 2.05) is 54.7 Å². The van der Waals surface area contributed by atoms with Crippen LogP contribution in [0.2, 0.25) is 0 Å². The minimum Gasteiger partial charge on any atom is -0.497 e. The maximum Gasteiger partial charge on any atom is 0.162 e. The molecule has 2 aromatic carbocycles. The molecular weight excluding hydrogens is 392 g/mol. The molecule has 0 unspecified atom stereocenters. The summed E-state index contributed by atoms with van der Waals surface area (Å²) in [6.07, 6.45) is 3.96. The highest BCUT2D eigenvalue weighted by Gasteiger charge is 2.19. The Labute approximate surface area is 182 Å². The van der Waals surface area contributed by atoms with Crippen molar-refractivity contribution in [3.8, 4) is 17.2 Å². The van der Waals surface area contributed by atoms with E-state index >= 15 is 0 Å². The number of hydrogen-bond acceptors (Lipinski definition) is 7. The molecule has 160 valence electrons. The van der Waals surface area contributed by atoms with E-state index in [1.54, 1.807) is 21.3 Å². The molecule has 1 aliphatic heterocycles. The van der Waals surface area contributed by atoms with Gasteiger partial charge in [0.1, 0.15) is 11.6 Å². The summed E-state index contributed by atoms with van der Waals surface area (Å²) in [6, 6.07) is 13.7. The molecule has 1 aliphatic rings. The van der Waals surface area contributed by atoms with Crippen LogP contribution in [0.3, 0.4) is 0 Å². The second-order valence-corrected chi connectivity index (χ2v) is 7.25. The van der Waals surface area contributed by atoms with Gasteiger partial charge in [-0.15, -0.1) is 0 Å². The van der Waals surface area contributed by atoms with Crippen LogP contribution in [0, 0.1) is 6.92 Å². The average molecular weight is 418 g/mol. The Morgan fingerprint density at radius 1 is 0.935 bits per heavy atom. The van der Waals surface area contributed by atoms with Gasteiger partial charge < -0.3 is 30.2 Å². The van der Waals surface area contributed by atoms with E-state index < -0.39 is 0 Å². The zero-order valence-corrected chi connectivity index (χ0v) is 18.1. The Kier molecular flexibility index (Phi) is 5.58. The zero-order chi connectivity index (χ0) is 22.0. The summed E-state index contributed by atoms with van der Waals surface area (Å²) in [5, 5.41) is 3.52. The fraction of sp³-hybridized carbons (Fsp3) is 0.208. The van der Waals surface area contributed by atoms with Crippen LogP contribution < -0.4 is 30.2 Å². The predicted octanol–water partition coefficient (Wildman–Crippen LogP) is 4.73. The molecule has 0 amide bonds. The van der Waals surface area contributed by atoms with Crippen molar-refractivity contribution in [2.75, 3.05) is 37.3 Å². The first-order valence-electron chi connectivity index (χ1n) is 9.90. The lowest BCUT2D eigenvalue weighted by Crippen LogP contribution is -2.21. The third-order valence-corrected chi connectivity index (χ3v) is 5.33. The normalized spacial score (nSPS) is 12.3. The Hall–Kier alpha value is -3.87. The first-order valence-corrected chi connectivity index (χ1v) is 9.90. The van der Waals surface area contributed by atoms with Crippen LogP contribution in [-0.2, 0) is 6.54 Å². The average Bonchev–Trinajstić information content (AvgIpc) is 2.79. The Bertz CT molecular complexity index is 1140. The van der Waals surface area contributed by atoms with Gasteiger partial charge in [-0.3, -0.25) is 0 Å². The second kappa shape index (κ2) is 8.47. The molecule has 1 aromatic heterocycles. The molecular formula is C24H26N4O3. The molecule has 3 N–H and O–H groups in total. The fourth-order valence-electron chi connectivity index (χ4n) is 3.60. The Morgan fingerprint density at radius 3 is 2.48 bits per heavy atom. The lowest BCUT2D eigenvalue weighted by atomic mass is 10.1. The smallest absolute Gasteiger partial charge is 0.162 e. The Morgan fingerprint density at radius 2 is 1.74 bits per heavy atom. The van der Waals surface area contributed by atoms with Gasteiger partial charge in [-0.1, -0.05) is 6.07 Å². The third kappa shape index (κ3) is 4.07. The van der Waals surface area contributed by atoms with Gasteiger partial charge in [0, 0.05) is 47.0 Å². The SMILES string of the molecule is COc1ccc(C)c(Nc2cc(N)nc3c2CN(c2ccc(OC)c(OC)c2)C=C3)c1. The highest BCUT2D eigenvalue weighted by atomic mass is 16.5. The van der Waals surface area contributed by atoms with Crippen LogP contribution in [-0.4, -0.2) is 26.3 Å². The predicted molar refractivity (Wildman–Crippen MR) is 124 cm³/mol. The van der Waals surface area contributed by atoms with Crippen molar-refractivity contribution in [3.05, 3.63) is 65.5 Å². The lowest BCUT2D eigenvalue weighted by molar-refractivity contribution is 0.355. The van der Waals surface area contributed by atoms with Crippen LogP contribution in [0.25, 0.3) is 6.08 Å². The first-order chi connectivity index (χ1) is 15.0. The van der Waals surface area contributed by atoms with Crippen molar-refractivity contribution in [2.45, 2.75) is 13.5 Å². The van der Waals surface area contributed by atoms with Gasteiger partial charge in [0.2, 0.25) is 0 Å². The molecule has 4 rings (SSSR count). The number of rotatable bonds is 6. The molecule has 0 radical (unpaired) electrons. The van der Waals surface area contributed by atoms with Crippen molar-refractivity contribution in [1.82, 2.24) is 4.98 Å². The number of pyridine rings is 1. The standard InChI is InChI=1S/C24H26N4O3/c1-15-5-7-17(29-2)12-20(15)26-21-13-24(25)27-19-9-10-28(14-18(19)21)16-6-8-22(30-3)23(11-16)31-4/h5-13H,14H2,1-4H3,(H3,25,26,27). The number of nitrogen functional groups attached to an aromatic ring is 1. The maximum atomic E-state index is 6.09. The fourth-order valence-corrected chi connectivity index (χ4v) is 3.60. The Balaban J connectivity index is 1.70. The number of ether oxygens (including phenoxy) is 3. The summed E-state index contributed by atoms with van der Waals surface area (Å²) >= 11 is 0. The molecule has 0 saturated heterocycles. The van der Waals surface area contributed by atoms with E-state index in [0.29, 0.717) is 23.9 Å². The molecule has 7 nitrogen and oxygen atoms in total. The second-order valence-electron chi connectivity index (χ2n) is 7.25. The van der Waals surface area contributed by atoms with E-state index in [-0.39, 0.29) is 0 Å². The summed E-state index contributed by atoms with van der Waals surface area (Å²) in [7, 11) is 4.92. The number of benzene rings is 2. The van der Waals surface area contributed by atoms with Crippen molar-refractivity contribution >= 4 is 29.0 Å². The molecule has 0 fully saturated rings. The molecule has 0 bridgehead atoms. The van der Waals surface area contributed by atoms with Crippen LogP contribution >= 0.6 is 0 Å². The van der Waals surface area contributed by atoms with Crippen molar-refractivity contribution in [1.29, 1.82) is 0 Å². The number of hydrogen-bond donors (Lipinski definition) is 2. The summed E-state index contributed by atoms with van der Waals surface area (Å²) < 4.78 is 16.2. The first kappa shape index (κ1) is 20.4. The summed E-state index contributed by atoms with van der Waals surface area (Å²) in [6.45, 7) is 2.68. The number of methoxy groups -OCH3 is 3. The third-order valence-electron chi connectivity index (χ3n) is 5.33. The van der Waals surface area contributed by atoms with Gasteiger partial charge in [0.25, 0.3) is 0 Å². The van der Waals surface area contributed by atoms with Gasteiger partial charge in [-0.25, -0.2) is 4.98 Å². The van der Waals surface area contributed by atoms with Gasteiger partial charge in [-0.2, -0.15) is 0 Å². The van der Waals surface area contributed by atoms with Gasteiger partial charge in [0.15, 0.2) is 11.5 Å². The molecule has 0 aliphatic carbocycles. The molecule has 2 heterocycles. The summed E-state index contributed by atoms with van der Waals surface area (Å²) in [4.78, 5) is 6.65. The molecule has 0 spiro atoms. The van der Waals surface area contributed by atoms with E-state index in [1.165, 1.54) is 0 Å². The number of nitrogens with two attached hydrogens (primary N) is 1. The summed E-state index contributed by atoms with van der Waals surface area (Å²) in [5.41, 5.74) is 11.9. The highest BCUT2D eigenvalue weighted by Crippen LogP contribution is 2.36. The van der Waals surface area contributed by atoms with E-state index in [9.17, 15) is 0 Å². The number of fused-ring (bicyclic) bond motifs is 1. The van der Waals surface area contributed by atoms with E-state index in [4.69, 9.17) is 19.9 Å². The minimum absolute atomic E-state index is 0.464. The molecule has 0 saturated carbocycles. The lowest BCUT2D eigenvalue weighted by Gasteiger charge is -2.28. The maximum absolute atomic E-state index is 6.09. The van der Waals surface area contributed by atoms with Crippen LogP contribution in [0.4, 0.5) is 22.9 Å². The van der Waals surface area contributed by atoms with Crippen LogP contribution in [0.5, 0.6) is 17.2 Å². The number of anilines is 4. The van der Waals surface area contributed by atoms with Crippen molar-refractivity contribution < 1.29 is 14.2 Å². The number of nitrogens with one attached hydrogen (secondary N) is 1. The molecule has 0 atom stereocenters. The minimum atomic E-state index is 0.464. The van der Waals surface area contributed by atoms with Gasteiger partial charge in [0.05, 0.1) is 33.6 Å². The largest absolute Gasteiger partial charge is 0.497 e.